The van der Waals surface area contributed by atoms with Crippen LogP contribution in [-0.2, 0) is 11.2 Å². The predicted octanol–water partition coefficient (Wildman–Crippen LogP) is 3.23. The molecule has 0 aromatic heterocycles. The Morgan fingerprint density at radius 2 is 1.64 bits per heavy atom. The van der Waals surface area contributed by atoms with Crippen LogP contribution in [-0.4, -0.2) is 11.8 Å². The molecule has 2 rings (SSSR count). The molecule has 0 spiro atoms. The summed E-state index contributed by atoms with van der Waals surface area (Å²) in [4.78, 5) is 24.4. The second kappa shape index (κ2) is 8.44. The molecule has 1 unspecified atom stereocenters. The fourth-order valence-corrected chi connectivity index (χ4v) is 2.67. The van der Waals surface area contributed by atoms with E-state index < -0.39 is 5.91 Å². The Labute approximate surface area is 148 Å². The van der Waals surface area contributed by atoms with E-state index in [-0.39, 0.29) is 11.8 Å². The minimum atomic E-state index is -0.443. The van der Waals surface area contributed by atoms with E-state index in [2.05, 4.69) is 36.7 Å². The SMILES string of the molecule is CC(C)Cc1ccc(C(C)C(=O)Nc2ccccc2C(=O)NN)cc1. The molecule has 2 amide bonds. The van der Waals surface area contributed by atoms with Gasteiger partial charge in [-0.1, -0.05) is 50.2 Å². The van der Waals surface area contributed by atoms with Gasteiger partial charge in [0.05, 0.1) is 17.2 Å². The number of hydrogen-bond donors (Lipinski definition) is 3. The zero-order valence-corrected chi connectivity index (χ0v) is 14.9. The van der Waals surface area contributed by atoms with E-state index in [1.807, 2.05) is 19.1 Å². The van der Waals surface area contributed by atoms with Gasteiger partial charge in [0.1, 0.15) is 0 Å². The Bertz CT molecular complexity index is 739. The van der Waals surface area contributed by atoms with Crippen molar-refractivity contribution < 1.29 is 9.59 Å². The molecule has 5 heteroatoms. The Kier molecular flexibility index (Phi) is 6.31. The van der Waals surface area contributed by atoms with Crippen molar-refractivity contribution in [1.82, 2.24) is 5.43 Å². The molecule has 0 saturated carbocycles. The zero-order chi connectivity index (χ0) is 18.4. The highest BCUT2D eigenvalue weighted by Gasteiger charge is 2.18. The second-order valence-electron chi connectivity index (χ2n) is 6.57. The highest BCUT2D eigenvalue weighted by molar-refractivity contribution is 6.04. The van der Waals surface area contributed by atoms with Crippen LogP contribution in [0.5, 0.6) is 0 Å². The number of para-hydroxylation sites is 1. The molecule has 0 aliphatic heterocycles. The van der Waals surface area contributed by atoms with Crippen molar-refractivity contribution in [1.29, 1.82) is 0 Å². The predicted molar refractivity (Wildman–Crippen MR) is 100 cm³/mol. The number of nitrogens with one attached hydrogen (secondary N) is 2. The molecule has 2 aromatic rings. The normalized spacial score (nSPS) is 11.9. The van der Waals surface area contributed by atoms with Gasteiger partial charge in [-0.15, -0.1) is 0 Å². The van der Waals surface area contributed by atoms with Crippen LogP contribution in [0.2, 0.25) is 0 Å². The summed E-state index contributed by atoms with van der Waals surface area (Å²) in [5.41, 5.74) is 5.06. The van der Waals surface area contributed by atoms with Gasteiger partial charge in [0, 0.05) is 0 Å². The van der Waals surface area contributed by atoms with E-state index in [9.17, 15) is 9.59 Å². The molecule has 0 aliphatic carbocycles. The summed E-state index contributed by atoms with van der Waals surface area (Å²) in [5.74, 6) is 4.84. The van der Waals surface area contributed by atoms with Crippen LogP contribution in [0.25, 0.3) is 0 Å². The first-order chi connectivity index (χ1) is 11.9. The van der Waals surface area contributed by atoms with Crippen LogP contribution in [0.15, 0.2) is 48.5 Å². The van der Waals surface area contributed by atoms with Gasteiger partial charge >= 0.3 is 0 Å². The summed E-state index contributed by atoms with van der Waals surface area (Å²) in [7, 11) is 0. The average molecular weight is 339 g/mol. The smallest absolute Gasteiger partial charge is 0.267 e. The number of nitrogen functional groups attached to an aromatic ring is 1. The second-order valence-corrected chi connectivity index (χ2v) is 6.57. The third kappa shape index (κ3) is 4.90. The van der Waals surface area contributed by atoms with Crippen molar-refractivity contribution in [3.8, 4) is 0 Å². The molecule has 4 N–H and O–H groups in total. The number of anilines is 1. The molecular formula is C20H25N3O2. The Morgan fingerprint density at radius 1 is 1.00 bits per heavy atom. The molecule has 2 aromatic carbocycles. The molecule has 0 bridgehead atoms. The summed E-state index contributed by atoms with van der Waals surface area (Å²) in [6.07, 6.45) is 1.02. The maximum atomic E-state index is 12.6. The van der Waals surface area contributed by atoms with E-state index in [0.717, 1.165) is 12.0 Å². The largest absolute Gasteiger partial charge is 0.325 e. The minimum absolute atomic E-state index is 0.172. The molecule has 1 atom stereocenters. The van der Waals surface area contributed by atoms with Crippen molar-refractivity contribution in [2.45, 2.75) is 33.1 Å². The Morgan fingerprint density at radius 3 is 2.24 bits per heavy atom. The van der Waals surface area contributed by atoms with Crippen molar-refractivity contribution in [3.63, 3.8) is 0 Å². The van der Waals surface area contributed by atoms with Gasteiger partial charge in [0.15, 0.2) is 0 Å². The minimum Gasteiger partial charge on any atom is -0.325 e. The first kappa shape index (κ1) is 18.7. The lowest BCUT2D eigenvalue weighted by atomic mass is 9.96. The van der Waals surface area contributed by atoms with E-state index in [1.165, 1.54) is 5.56 Å². The number of hydrazine groups is 1. The number of benzene rings is 2. The van der Waals surface area contributed by atoms with Gasteiger partial charge in [0.25, 0.3) is 5.91 Å². The molecule has 132 valence electrons. The van der Waals surface area contributed by atoms with Crippen LogP contribution < -0.4 is 16.6 Å². The van der Waals surface area contributed by atoms with Gasteiger partial charge in [0.2, 0.25) is 5.91 Å². The number of nitrogens with two attached hydrogens (primary N) is 1. The lowest BCUT2D eigenvalue weighted by Gasteiger charge is -2.15. The molecular weight excluding hydrogens is 314 g/mol. The summed E-state index contributed by atoms with van der Waals surface area (Å²) in [5, 5.41) is 2.82. The van der Waals surface area contributed by atoms with Gasteiger partial charge in [-0.2, -0.15) is 0 Å². The molecule has 0 aliphatic rings. The maximum absolute atomic E-state index is 12.6. The molecule has 25 heavy (non-hydrogen) atoms. The summed E-state index contributed by atoms with van der Waals surface area (Å²) in [6.45, 7) is 6.20. The monoisotopic (exact) mass is 339 g/mol. The Hall–Kier alpha value is -2.66. The van der Waals surface area contributed by atoms with Crippen LogP contribution >= 0.6 is 0 Å². The lowest BCUT2D eigenvalue weighted by Crippen LogP contribution is -2.31. The third-order valence-corrected chi connectivity index (χ3v) is 4.08. The van der Waals surface area contributed by atoms with Gasteiger partial charge in [-0.05, 0) is 42.5 Å². The topological polar surface area (TPSA) is 84.2 Å². The molecule has 0 heterocycles. The highest BCUT2D eigenvalue weighted by Crippen LogP contribution is 2.21. The van der Waals surface area contributed by atoms with E-state index in [0.29, 0.717) is 17.2 Å². The molecule has 5 nitrogen and oxygen atoms in total. The van der Waals surface area contributed by atoms with Gasteiger partial charge in [-0.3, -0.25) is 15.0 Å². The average Bonchev–Trinajstić information content (AvgIpc) is 2.61. The first-order valence-corrected chi connectivity index (χ1v) is 8.42. The molecule has 0 saturated heterocycles. The van der Waals surface area contributed by atoms with Crippen LogP contribution in [0.3, 0.4) is 0 Å². The third-order valence-electron chi connectivity index (χ3n) is 4.08. The van der Waals surface area contributed by atoms with Crippen LogP contribution in [0.1, 0.15) is 48.2 Å². The van der Waals surface area contributed by atoms with E-state index in [4.69, 9.17) is 5.84 Å². The Balaban J connectivity index is 2.12. The van der Waals surface area contributed by atoms with E-state index >= 15 is 0 Å². The molecule has 0 radical (unpaired) electrons. The van der Waals surface area contributed by atoms with Crippen molar-refractivity contribution >= 4 is 17.5 Å². The van der Waals surface area contributed by atoms with Crippen LogP contribution in [0.4, 0.5) is 5.69 Å². The number of amides is 2. The number of hydrogen-bond acceptors (Lipinski definition) is 3. The van der Waals surface area contributed by atoms with Gasteiger partial charge in [-0.25, -0.2) is 5.84 Å². The highest BCUT2D eigenvalue weighted by atomic mass is 16.2. The quantitative estimate of drug-likeness (QED) is 0.429. The fourth-order valence-electron chi connectivity index (χ4n) is 2.67. The summed E-state index contributed by atoms with van der Waals surface area (Å²) >= 11 is 0. The fraction of sp³-hybridized carbons (Fsp3) is 0.300. The maximum Gasteiger partial charge on any atom is 0.267 e. The number of rotatable bonds is 6. The summed E-state index contributed by atoms with van der Waals surface area (Å²) in [6, 6.07) is 14.9. The standard InChI is InChI=1S/C20H25N3O2/c1-13(2)12-15-8-10-16(11-9-15)14(3)19(24)22-18-7-5-4-6-17(18)20(25)23-21/h4-11,13-14H,12,21H2,1-3H3,(H,22,24)(H,23,25). The van der Waals surface area contributed by atoms with Crippen LogP contribution in [0, 0.1) is 5.92 Å². The zero-order valence-electron chi connectivity index (χ0n) is 14.9. The van der Waals surface area contributed by atoms with Crippen molar-refractivity contribution in [3.05, 3.63) is 65.2 Å². The number of carbonyl (C=O) groups excluding carboxylic acids is 2. The summed E-state index contributed by atoms with van der Waals surface area (Å²) < 4.78 is 0. The molecule has 0 fully saturated rings. The van der Waals surface area contributed by atoms with Gasteiger partial charge < -0.3 is 5.32 Å². The van der Waals surface area contributed by atoms with Crippen molar-refractivity contribution in [2.75, 3.05) is 5.32 Å². The lowest BCUT2D eigenvalue weighted by molar-refractivity contribution is -0.117. The first-order valence-electron chi connectivity index (χ1n) is 8.42. The van der Waals surface area contributed by atoms with E-state index in [1.54, 1.807) is 24.3 Å². The number of carbonyl (C=O) groups is 2. The van der Waals surface area contributed by atoms with Crippen molar-refractivity contribution in [2.24, 2.45) is 11.8 Å².